The Labute approximate surface area is 267 Å². The molecule has 238 valence electrons. The van der Waals surface area contributed by atoms with Gasteiger partial charge in [0.15, 0.2) is 5.82 Å². The molecule has 0 radical (unpaired) electrons. The van der Waals surface area contributed by atoms with Crippen LogP contribution in [0.4, 0.5) is 33.2 Å². The monoisotopic (exact) mass is 623 g/mol. The highest BCUT2D eigenvalue weighted by molar-refractivity contribution is 6.09. The van der Waals surface area contributed by atoms with Gasteiger partial charge < -0.3 is 25.3 Å². The molecule has 3 aliphatic rings. The number of halogens is 1. The second-order valence-corrected chi connectivity index (χ2v) is 12.9. The molecule has 0 bridgehead atoms. The summed E-state index contributed by atoms with van der Waals surface area (Å²) in [6.45, 7) is 10.3. The molecule has 1 unspecified atom stereocenters. The van der Waals surface area contributed by atoms with E-state index in [9.17, 15) is 14.0 Å². The summed E-state index contributed by atoms with van der Waals surface area (Å²) < 4.78 is 13.8. The van der Waals surface area contributed by atoms with E-state index in [1.165, 1.54) is 19.2 Å². The average molecular weight is 624 g/mol. The molecule has 2 N–H and O–H groups in total. The molecule has 0 saturated carbocycles. The van der Waals surface area contributed by atoms with Crippen molar-refractivity contribution in [1.29, 1.82) is 0 Å². The van der Waals surface area contributed by atoms with Crippen molar-refractivity contribution in [1.82, 2.24) is 24.8 Å². The van der Waals surface area contributed by atoms with Crippen LogP contribution in [0, 0.1) is 6.92 Å². The Balaban J connectivity index is 1.10. The summed E-state index contributed by atoms with van der Waals surface area (Å²) in [4.78, 5) is 50.8. The molecule has 0 spiro atoms. The number of hydrogen-bond donors (Lipinski definition) is 2. The molecular weight excluding hydrogens is 585 g/mol. The van der Waals surface area contributed by atoms with Gasteiger partial charge in [-0.25, -0.2) is 24.3 Å². The normalized spacial score (nSPS) is 19.2. The minimum absolute atomic E-state index is 0.0844. The molecule has 3 aliphatic heterocycles. The van der Waals surface area contributed by atoms with E-state index in [-0.39, 0.29) is 18.4 Å². The smallest absolute Gasteiger partial charge is 0.255 e. The third-order valence-electron chi connectivity index (χ3n) is 9.37. The van der Waals surface area contributed by atoms with E-state index in [1.807, 2.05) is 54.8 Å². The lowest BCUT2D eigenvalue weighted by atomic mass is 9.86. The zero-order valence-corrected chi connectivity index (χ0v) is 26.4. The maximum atomic E-state index is 13.8. The van der Waals surface area contributed by atoms with Crippen LogP contribution in [0.1, 0.15) is 54.6 Å². The second-order valence-electron chi connectivity index (χ2n) is 12.9. The van der Waals surface area contributed by atoms with Gasteiger partial charge in [-0.1, -0.05) is 6.07 Å². The Bertz CT molecular complexity index is 1820. The molecule has 46 heavy (non-hydrogen) atoms. The van der Waals surface area contributed by atoms with Crippen molar-refractivity contribution in [2.24, 2.45) is 0 Å². The molecule has 2 aromatic heterocycles. The zero-order chi connectivity index (χ0) is 32.0. The Morgan fingerprint density at radius 3 is 2.65 bits per heavy atom. The first kappa shape index (κ1) is 30.0. The third kappa shape index (κ3) is 5.61. The van der Waals surface area contributed by atoms with E-state index in [1.54, 1.807) is 18.3 Å². The molecule has 5 heterocycles. The van der Waals surface area contributed by atoms with Crippen molar-refractivity contribution in [3.63, 3.8) is 0 Å². The van der Waals surface area contributed by atoms with E-state index in [0.29, 0.717) is 59.2 Å². The molecule has 0 aliphatic carbocycles. The Kier molecular flexibility index (Phi) is 7.75. The van der Waals surface area contributed by atoms with Crippen molar-refractivity contribution in [2.45, 2.75) is 51.6 Å². The first-order valence-corrected chi connectivity index (χ1v) is 15.9. The van der Waals surface area contributed by atoms with Gasteiger partial charge in [0.2, 0.25) is 11.9 Å². The molecule has 2 saturated heterocycles. The fourth-order valence-electron chi connectivity index (χ4n) is 6.60. The van der Waals surface area contributed by atoms with Crippen LogP contribution in [-0.4, -0.2) is 82.1 Å². The van der Waals surface area contributed by atoms with Crippen LogP contribution in [0.25, 0.3) is 11.0 Å². The number of nitrogens with one attached hydrogen (secondary N) is 2. The van der Waals surface area contributed by atoms with Crippen LogP contribution >= 0.6 is 0 Å². The van der Waals surface area contributed by atoms with Gasteiger partial charge >= 0.3 is 0 Å². The number of carbonyl (C=O) groups is 2. The highest BCUT2D eigenvalue weighted by Crippen LogP contribution is 2.43. The topological polar surface area (TPSA) is 119 Å². The van der Waals surface area contributed by atoms with Gasteiger partial charge in [0.25, 0.3) is 5.91 Å². The zero-order valence-electron chi connectivity index (χ0n) is 26.4. The standard InChI is InChI=1S/C34H38FN9O2/c1-21-6-7-22(16-26(21)40-30-29-27(37-20-38-30)18-36-33(41-29)43-13-10-23(35)19-43)31(45)39-24-8-9-28-25(17-24)34(2,3)32(46)44(28)15-14-42-11-4-5-12-42/h6-9,16-18,20,23H,4-5,10-15,19H2,1-3H3,(H,39,45)(H,37,38,40). The van der Waals surface area contributed by atoms with Crippen molar-refractivity contribution < 1.29 is 14.0 Å². The molecule has 2 amide bonds. The largest absolute Gasteiger partial charge is 0.338 e. The predicted octanol–water partition coefficient (Wildman–Crippen LogP) is 4.99. The molecule has 7 rings (SSSR count). The summed E-state index contributed by atoms with van der Waals surface area (Å²) in [5, 5.41) is 6.35. The maximum absolute atomic E-state index is 13.8. The Morgan fingerprint density at radius 2 is 1.87 bits per heavy atom. The number of carbonyl (C=O) groups excluding carboxylic acids is 2. The number of aryl methyl sites for hydroxylation is 1. The third-order valence-corrected chi connectivity index (χ3v) is 9.37. The molecule has 2 aromatic carbocycles. The number of nitrogens with zero attached hydrogens (tertiary/aromatic N) is 7. The van der Waals surface area contributed by atoms with Gasteiger partial charge in [0, 0.05) is 42.3 Å². The van der Waals surface area contributed by atoms with Crippen LogP contribution < -0.4 is 20.4 Å². The summed E-state index contributed by atoms with van der Waals surface area (Å²) in [6, 6.07) is 11.1. The number of benzene rings is 2. The summed E-state index contributed by atoms with van der Waals surface area (Å²) in [7, 11) is 0. The van der Waals surface area contributed by atoms with Crippen molar-refractivity contribution in [3.8, 4) is 0 Å². The highest BCUT2D eigenvalue weighted by atomic mass is 19.1. The lowest BCUT2D eigenvalue weighted by Crippen LogP contribution is -2.40. The number of amides is 2. The Morgan fingerprint density at radius 1 is 1.04 bits per heavy atom. The number of rotatable bonds is 8. The van der Waals surface area contributed by atoms with Gasteiger partial charge in [-0.15, -0.1) is 0 Å². The van der Waals surface area contributed by atoms with E-state index in [0.717, 1.165) is 36.4 Å². The second kappa shape index (κ2) is 11.9. The lowest BCUT2D eigenvalue weighted by Gasteiger charge is -2.23. The summed E-state index contributed by atoms with van der Waals surface area (Å²) in [6.07, 6.45) is 5.03. The van der Waals surface area contributed by atoms with Crippen LogP contribution in [0.15, 0.2) is 48.9 Å². The molecule has 4 aromatic rings. The van der Waals surface area contributed by atoms with E-state index < -0.39 is 11.6 Å². The van der Waals surface area contributed by atoms with Crippen LogP contribution in [0.5, 0.6) is 0 Å². The quantitative estimate of drug-likeness (QED) is 0.280. The van der Waals surface area contributed by atoms with Crippen LogP contribution in [-0.2, 0) is 10.2 Å². The van der Waals surface area contributed by atoms with Crippen molar-refractivity contribution in [3.05, 3.63) is 65.6 Å². The fraction of sp³-hybridized carbons (Fsp3) is 0.412. The Hall–Kier alpha value is -4.71. The molecule has 11 nitrogen and oxygen atoms in total. The average Bonchev–Trinajstić information content (AvgIpc) is 3.77. The van der Waals surface area contributed by atoms with E-state index in [2.05, 4.69) is 35.5 Å². The predicted molar refractivity (Wildman–Crippen MR) is 177 cm³/mol. The fourth-order valence-corrected chi connectivity index (χ4v) is 6.60. The van der Waals surface area contributed by atoms with Gasteiger partial charge in [0.1, 0.15) is 23.5 Å². The number of anilines is 5. The van der Waals surface area contributed by atoms with Gasteiger partial charge in [0.05, 0.1) is 18.2 Å². The van der Waals surface area contributed by atoms with Crippen LogP contribution in [0.2, 0.25) is 0 Å². The van der Waals surface area contributed by atoms with Gasteiger partial charge in [-0.3, -0.25) is 9.59 Å². The van der Waals surface area contributed by atoms with E-state index in [4.69, 9.17) is 0 Å². The first-order chi connectivity index (χ1) is 22.2. The van der Waals surface area contributed by atoms with E-state index >= 15 is 0 Å². The molecular formula is C34H38FN9O2. The number of aromatic nitrogens is 4. The minimum Gasteiger partial charge on any atom is -0.338 e. The number of likely N-dealkylation sites (tertiary alicyclic amines) is 1. The molecule has 12 heteroatoms. The van der Waals surface area contributed by atoms with Crippen LogP contribution in [0.3, 0.4) is 0 Å². The van der Waals surface area contributed by atoms with Crippen molar-refractivity contribution in [2.75, 3.05) is 59.7 Å². The van der Waals surface area contributed by atoms with Crippen molar-refractivity contribution >= 4 is 51.7 Å². The number of hydrogen-bond acceptors (Lipinski definition) is 9. The SMILES string of the molecule is Cc1ccc(C(=O)Nc2ccc3c(c2)C(C)(C)C(=O)N3CCN2CCCC2)cc1Nc1ncnc2cnc(N3CCC(F)C3)nc12. The number of alkyl halides is 1. The van der Waals surface area contributed by atoms with Gasteiger partial charge in [-0.2, -0.15) is 0 Å². The van der Waals surface area contributed by atoms with Gasteiger partial charge in [-0.05, 0) is 94.6 Å². The minimum atomic E-state index is -0.898. The molecule has 1 atom stereocenters. The summed E-state index contributed by atoms with van der Waals surface area (Å²) in [5.41, 5.74) is 4.87. The summed E-state index contributed by atoms with van der Waals surface area (Å²) >= 11 is 0. The highest BCUT2D eigenvalue weighted by Gasteiger charge is 2.44. The molecule has 2 fully saturated rings. The lowest BCUT2D eigenvalue weighted by molar-refractivity contribution is -0.122. The maximum Gasteiger partial charge on any atom is 0.255 e. The first-order valence-electron chi connectivity index (χ1n) is 15.9. The summed E-state index contributed by atoms with van der Waals surface area (Å²) in [5.74, 6) is 0.707. The number of fused-ring (bicyclic) bond motifs is 2.